The molecule has 0 aliphatic heterocycles. The summed E-state index contributed by atoms with van der Waals surface area (Å²) in [5, 5.41) is 3.50. The van der Waals surface area contributed by atoms with Crippen LogP contribution in [0, 0.1) is 6.92 Å². The van der Waals surface area contributed by atoms with E-state index >= 15 is 0 Å². The molecule has 0 aliphatic rings. The van der Waals surface area contributed by atoms with Crippen LogP contribution in [0.15, 0.2) is 90.0 Å². The highest BCUT2D eigenvalue weighted by Crippen LogP contribution is 2.28. The first-order valence-electron chi connectivity index (χ1n) is 9.28. The Hall–Kier alpha value is -3.71. The highest BCUT2D eigenvalue weighted by atomic mass is 32.2. The summed E-state index contributed by atoms with van der Waals surface area (Å²) >= 11 is 0. The number of hydrogen-bond donors (Lipinski definition) is 2. The average Bonchev–Trinajstić information content (AvgIpc) is 2.75. The molecular weight excluding hydrogens is 398 g/mol. The number of nitrogens with zero attached hydrogens (tertiary/aromatic N) is 1. The van der Waals surface area contributed by atoms with Crippen LogP contribution in [0.5, 0.6) is 0 Å². The maximum absolute atomic E-state index is 13.1. The molecule has 0 bridgehead atoms. The summed E-state index contributed by atoms with van der Waals surface area (Å²) in [7, 11) is -3.94. The predicted octanol–water partition coefficient (Wildman–Crippen LogP) is 4.60. The molecule has 4 aromatic rings. The minimum atomic E-state index is -3.94. The Labute approximate surface area is 174 Å². The van der Waals surface area contributed by atoms with Crippen LogP contribution in [-0.4, -0.2) is 19.3 Å². The number of amides is 1. The van der Waals surface area contributed by atoms with Gasteiger partial charge in [0.2, 0.25) is 0 Å². The molecule has 0 spiro atoms. The molecule has 0 atom stereocenters. The number of hydrogen-bond acceptors (Lipinski definition) is 4. The lowest BCUT2D eigenvalue weighted by Gasteiger charge is -2.14. The summed E-state index contributed by atoms with van der Waals surface area (Å²) in [6.45, 7) is 1.90. The number of carbonyl (C=O) groups excluding carboxylic acids is 1. The van der Waals surface area contributed by atoms with Gasteiger partial charge in [-0.1, -0.05) is 42.5 Å². The molecule has 6 nitrogen and oxygen atoms in total. The fourth-order valence-corrected chi connectivity index (χ4v) is 4.38. The Morgan fingerprint density at radius 1 is 0.867 bits per heavy atom. The summed E-state index contributed by atoms with van der Waals surface area (Å²) in [5.74, 6) is -0.329. The molecule has 0 saturated carbocycles. The lowest BCUT2D eigenvalue weighted by Crippen LogP contribution is -2.17. The van der Waals surface area contributed by atoms with Gasteiger partial charge in [-0.25, -0.2) is 8.42 Å². The SMILES string of the molecule is Cc1cnc2c(S(=O)(=O)Nc3ccccc3NC(=O)c3ccccc3)cccc2c1. The smallest absolute Gasteiger partial charge is 0.264 e. The van der Waals surface area contributed by atoms with Crippen LogP contribution in [0.3, 0.4) is 0 Å². The van der Waals surface area contributed by atoms with Crippen molar-refractivity contribution < 1.29 is 13.2 Å². The number of nitrogens with one attached hydrogen (secondary N) is 2. The van der Waals surface area contributed by atoms with Crippen molar-refractivity contribution in [3.8, 4) is 0 Å². The summed E-state index contributed by atoms with van der Waals surface area (Å²) in [6, 6.07) is 22.3. The molecule has 0 radical (unpaired) electrons. The Kier molecular flexibility index (Phi) is 5.20. The molecule has 1 aromatic heterocycles. The molecule has 2 N–H and O–H groups in total. The van der Waals surface area contributed by atoms with E-state index in [0.29, 0.717) is 16.8 Å². The molecule has 0 fully saturated rings. The van der Waals surface area contributed by atoms with E-state index in [9.17, 15) is 13.2 Å². The van der Waals surface area contributed by atoms with E-state index in [1.54, 1.807) is 60.8 Å². The van der Waals surface area contributed by atoms with Gasteiger partial charge >= 0.3 is 0 Å². The van der Waals surface area contributed by atoms with E-state index in [0.717, 1.165) is 10.9 Å². The van der Waals surface area contributed by atoms with E-state index in [-0.39, 0.29) is 16.5 Å². The highest BCUT2D eigenvalue weighted by Gasteiger charge is 2.20. The van der Waals surface area contributed by atoms with E-state index in [1.165, 1.54) is 6.07 Å². The molecule has 7 heteroatoms. The lowest BCUT2D eigenvalue weighted by atomic mass is 10.2. The number of sulfonamides is 1. The fourth-order valence-electron chi connectivity index (χ4n) is 3.12. The van der Waals surface area contributed by atoms with Gasteiger partial charge < -0.3 is 5.32 Å². The maximum atomic E-state index is 13.1. The van der Waals surface area contributed by atoms with Crippen LogP contribution < -0.4 is 10.0 Å². The Bertz CT molecular complexity index is 1340. The second-order valence-corrected chi connectivity index (χ2v) is 8.46. The van der Waals surface area contributed by atoms with Crippen LogP contribution in [0.1, 0.15) is 15.9 Å². The Morgan fingerprint density at radius 3 is 2.33 bits per heavy atom. The number of aryl methyl sites for hydroxylation is 1. The highest BCUT2D eigenvalue weighted by molar-refractivity contribution is 7.93. The Balaban J connectivity index is 1.67. The molecule has 0 unspecified atom stereocenters. The third-order valence-electron chi connectivity index (χ3n) is 4.56. The zero-order valence-corrected chi connectivity index (χ0v) is 17.0. The van der Waals surface area contributed by atoms with Crippen molar-refractivity contribution in [1.29, 1.82) is 0 Å². The number of aromatic nitrogens is 1. The topological polar surface area (TPSA) is 88.2 Å². The first-order valence-corrected chi connectivity index (χ1v) is 10.8. The molecule has 1 heterocycles. The second kappa shape index (κ2) is 7.96. The van der Waals surface area contributed by atoms with Crippen LogP contribution in [0.25, 0.3) is 10.9 Å². The number of rotatable bonds is 5. The van der Waals surface area contributed by atoms with Gasteiger partial charge in [-0.05, 0) is 48.9 Å². The van der Waals surface area contributed by atoms with Gasteiger partial charge in [0.05, 0.1) is 16.9 Å². The van der Waals surface area contributed by atoms with Crippen molar-refractivity contribution in [2.75, 3.05) is 10.0 Å². The van der Waals surface area contributed by atoms with Gasteiger partial charge in [0, 0.05) is 17.1 Å². The number of pyridine rings is 1. The second-order valence-electron chi connectivity index (χ2n) is 6.81. The molecule has 150 valence electrons. The van der Waals surface area contributed by atoms with Crippen molar-refractivity contribution >= 4 is 38.2 Å². The fraction of sp³-hybridized carbons (Fsp3) is 0.0435. The normalized spacial score (nSPS) is 11.2. The minimum Gasteiger partial charge on any atom is -0.320 e. The Morgan fingerprint density at radius 2 is 1.57 bits per heavy atom. The standard InChI is InChI=1S/C23H19N3O3S/c1-16-14-18-10-7-13-21(22(18)24-15-16)30(28,29)26-20-12-6-5-11-19(20)25-23(27)17-8-3-2-4-9-17/h2-15,26H,1H3,(H,25,27). The maximum Gasteiger partial charge on any atom is 0.264 e. The minimum absolute atomic E-state index is 0.0733. The molecule has 3 aromatic carbocycles. The van der Waals surface area contributed by atoms with Gasteiger partial charge in [0.15, 0.2) is 0 Å². The van der Waals surface area contributed by atoms with E-state index in [2.05, 4.69) is 15.0 Å². The average molecular weight is 417 g/mol. The first kappa shape index (κ1) is 19.6. The number of carbonyl (C=O) groups is 1. The van der Waals surface area contributed by atoms with Crippen LogP contribution >= 0.6 is 0 Å². The quantitative estimate of drug-likeness (QED) is 0.497. The number of para-hydroxylation sites is 3. The van der Waals surface area contributed by atoms with Crippen LogP contribution in [0.4, 0.5) is 11.4 Å². The zero-order chi connectivity index (χ0) is 21.1. The zero-order valence-electron chi connectivity index (χ0n) is 16.2. The van der Waals surface area contributed by atoms with E-state index in [4.69, 9.17) is 0 Å². The monoisotopic (exact) mass is 417 g/mol. The number of anilines is 2. The number of benzene rings is 3. The van der Waals surface area contributed by atoms with Crippen molar-refractivity contribution in [3.63, 3.8) is 0 Å². The van der Waals surface area contributed by atoms with Crippen molar-refractivity contribution in [3.05, 3.63) is 96.2 Å². The van der Waals surface area contributed by atoms with E-state index < -0.39 is 10.0 Å². The lowest BCUT2D eigenvalue weighted by molar-refractivity contribution is 0.102. The van der Waals surface area contributed by atoms with E-state index in [1.807, 2.05) is 25.1 Å². The van der Waals surface area contributed by atoms with Crippen LogP contribution in [0.2, 0.25) is 0 Å². The van der Waals surface area contributed by atoms with Gasteiger partial charge in [-0.2, -0.15) is 0 Å². The molecular formula is C23H19N3O3S. The van der Waals surface area contributed by atoms with Gasteiger partial charge in [-0.15, -0.1) is 0 Å². The summed E-state index contributed by atoms with van der Waals surface area (Å²) in [5.41, 5.74) is 2.44. The third kappa shape index (κ3) is 4.01. The summed E-state index contributed by atoms with van der Waals surface area (Å²) < 4.78 is 28.9. The molecule has 4 rings (SSSR count). The molecule has 30 heavy (non-hydrogen) atoms. The van der Waals surface area contributed by atoms with Crippen molar-refractivity contribution in [2.24, 2.45) is 0 Å². The number of fused-ring (bicyclic) bond motifs is 1. The van der Waals surface area contributed by atoms with Gasteiger partial charge in [0.25, 0.3) is 15.9 Å². The predicted molar refractivity (Wildman–Crippen MR) is 118 cm³/mol. The first-order chi connectivity index (χ1) is 14.4. The van der Waals surface area contributed by atoms with Gasteiger partial charge in [0.1, 0.15) is 4.90 Å². The summed E-state index contributed by atoms with van der Waals surface area (Å²) in [6.07, 6.45) is 1.63. The largest absolute Gasteiger partial charge is 0.320 e. The molecule has 0 aliphatic carbocycles. The molecule has 0 saturated heterocycles. The van der Waals surface area contributed by atoms with Gasteiger partial charge in [-0.3, -0.25) is 14.5 Å². The van der Waals surface area contributed by atoms with Crippen molar-refractivity contribution in [1.82, 2.24) is 4.98 Å². The third-order valence-corrected chi connectivity index (χ3v) is 5.95. The van der Waals surface area contributed by atoms with Crippen molar-refractivity contribution in [2.45, 2.75) is 11.8 Å². The van der Waals surface area contributed by atoms with Crippen LogP contribution in [-0.2, 0) is 10.0 Å². The molecule has 1 amide bonds. The summed E-state index contributed by atoms with van der Waals surface area (Å²) in [4.78, 5) is 16.9.